The van der Waals surface area contributed by atoms with Gasteiger partial charge in [0.1, 0.15) is 11.6 Å². The van der Waals surface area contributed by atoms with Crippen LogP contribution in [0.4, 0.5) is 8.78 Å². The van der Waals surface area contributed by atoms with E-state index in [1.54, 1.807) is 23.5 Å². The summed E-state index contributed by atoms with van der Waals surface area (Å²) in [5, 5.41) is 0. The second kappa shape index (κ2) is 8.12. The SMILES string of the molecule is O=C(c1cc(F)ccc1F)[C@@H]1CCCN(C(=O)CCc2cnccn2)C1. The summed E-state index contributed by atoms with van der Waals surface area (Å²) in [5.74, 6) is -2.42. The molecule has 0 spiro atoms. The minimum absolute atomic E-state index is 0.0760. The Bertz CT molecular complexity index is 799. The molecule has 7 heteroatoms. The molecule has 1 aliphatic heterocycles. The lowest BCUT2D eigenvalue weighted by atomic mass is 9.89. The van der Waals surface area contributed by atoms with Gasteiger partial charge in [-0.05, 0) is 37.5 Å². The number of aromatic nitrogens is 2. The molecule has 1 aliphatic rings. The number of carbonyl (C=O) groups excluding carboxylic acids is 2. The molecular weight excluding hydrogens is 340 g/mol. The first-order valence-corrected chi connectivity index (χ1v) is 8.56. The number of ketones is 1. The zero-order valence-electron chi connectivity index (χ0n) is 14.2. The van der Waals surface area contributed by atoms with Crippen molar-refractivity contribution >= 4 is 11.7 Å². The maximum atomic E-state index is 13.9. The quantitative estimate of drug-likeness (QED) is 0.770. The number of likely N-dealkylation sites (tertiary alicyclic amines) is 1. The summed E-state index contributed by atoms with van der Waals surface area (Å²) in [6.45, 7) is 0.794. The highest BCUT2D eigenvalue weighted by Crippen LogP contribution is 2.23. The van der Waals surface area contributed by atoms with E-state index in [0.29, 0.717) is 25.8 Å². The average molecular weight is 359 g/mol. The number of rotatable bonds is 5. The zero-order chi connectivity index (χ0) is 18.5. The minimum Gasteiger partial charge on any atom is -0.342 e. The Morgan fingerprint density at radius 1 is 1.23 bits per heavy atom. The molecule has 26 heavy (non-hydrogen) atoms. The second-order valence-corrected chi connectivity index (χ2v) is 6.36. The summed E-state index contributed by atoms with van der Waals surface area (Å²) < 4.78 is 27.2. The molecule has 0 saturated carbocycles. The van der Waals surface area contributed by atoms with E-state index in [4.69, 9.17) is 0 Å². The van der Waals surface area contributed by atoms with Crippen molar-refractivity contribution < 1.29 is 18.4 Å². The fraction of sp³-hybridized carbons (Fsp3) is 0.368. The van der Waals surface area contributed by atoms with Crippen LogP contribution in [-0.4, -0.2) is 39.6 Å². The predicted molar refractivity (Wildman–Crippen MR) is 90.3 cm³/mol. The molecule has 1 atom stereocenters. The van der Waals surface area contributed by atoms with Crippen LogP contribution in [0.2, 0.25) is 0 Å². The third-order valence-corrected chi connectivity index (χ3v) is 4.55. The molecular formula is C19H19F2N3O2. The van der Waals surface area contributed by atoms with Crippen LogP contribution in [-0.2, 0) is 11.2 Å². The molecule has 0 aliphatic carbocycles. The van der Waals surface area contributed by atoms with Crippen molar-refractivity contribution in [2.75, 3.05) is 13.1 Å². The predicted octanol–water partition coefficient (Wildman–Crippen LogP) is 2.81. The highest BCUT2D eigenvalue weighted by molar-refractivity contribution is 5.98. The first-order valence-electron chi connectivity index (χ1n) is 8.56. The molecule has 1 saturated heterocycles. The third kappa shape index (κ3) is 4.28. The van der Waals surface area contributed by atoms with Gasteiger partial charge in [0.25, 0.3) is 0 Å². The van der Waals surface area contributed by atoms with Crippen LogP contribution in [0.3, 0.4) is 0 Å². The van der Waals surface area contributed by atoms with Crippen molar-refractivity contribution in [3.63, 3.8) is 0 Å². The Morgan fingerprint density at radius 3 is 2.85 bits per heavy atom. The van der Waals surface area contributed by atoms with Crippen LogP contribution in [0.1, 0.15) is 35.3 Å². The van der Waals surface area contributed by atoms with Crippen LogP contribution in [0.5, 0.6) is 0 Å². The molecule has 136 valence electrons. The average Bonchev–Trinajstić information content (AvgIpc) is 2.68. The van der Waals surface area contributed by atoms with E-state index < -0.39 is 23.3 Å². The standard InChI is InChI=1S/C19H19F2N3O2/c20-14-3-5-17(21)16(10-14)19(26)13-2-1-9-24(12-13)18(25)6-4-15-11-22-7-8-23-15/h3,5,7-8,10-11,13H,1-2,4,6,9,12H2/t13-/m1/s1. The van der Waals surface area contributed by atoms with Gasteiger partial charge in [-0.15, -0.1) is 0 Å². The van der Waals surface area contributed by atoms with E-state index in [2.05, 4.69) is 9.97 Å². The number of piperidine rings is 1. The molecule has 1 aromatic heterocycles. The van der Waals surface area contributed by atoms with Gasteiger partial charge in [-0.2, -0.15) is 0 Å². The maximum absolute atomic E-state index is 13.9. The Balaban J connectivity index is 1.62. The van der Waals surface area contributed by atoms with Gasteiger partial charge in [0.2, 0.25) is 5.91 Å². The van der Waals surface area contributed by atoms with Gasteiger partial charge in [-0.1, -0.05) is 0 Å². The van der Waals surface area contributed by atoms with Crippen molar-refractivity contribution in [1.29, 1.82) is 0 Å². The van der Waals surface area contributed by atoms with Crippen LogP contribution >= 0.6 is 0 Å². The van der Waals surface area contributed by atoms with Crippen LogP contribution < -0.4 is 0 Å². The van der Waals surface area contributed by atoms with Crippen molar-refractivity contribution in [3.8, 4) is 0 Å². The highest BCUT2D eigenvalue weighted by Gasteiger charge is 2.30. The van der Waals surface area contributed by atoms with E-state index in [0.717, 1.165) is 23.9 Å². The zero-order valence-corrected chi connectivity index (χ0v) is 14.2. The number of nitrogens with zero attached hydrogens (tertiary/aromatic N) is 3. The molecule has 0 bridgehead atoms. The van der Waals surface area contributed by atoms with E-state index >= 15 is 0 Å². The maximum Gasteiger partial charge on any atom is 0.222 e. The van der Waals surface area contributed by atoms with Crippen LogP contribution in [0.25, 0.3) is 0 Å². The van der Waals surface area contributed by atoms with Crippen LogP contribution in [0.15, 0.2) is 36.8 Å². The first-order chi connectivity index (χ1) is 12.5. The van der Waals surface area contributed by atoms with Crippen molar-refractivity contribution in [1.82, 2.24) is 14.9 Å². The minimum atomic E-state index is -0.734. The number of carbonyl (C=O) groups is 2. The Labute approximate surface area is 150 Å². The van der Waals surface area contributed by atoms with Gasteiger partial charge in [-0.3, -0.25) is 19.6 Å². The normalized spacial score (nSPS) is 17.2. The van der Waals surface area contributed by atoms with Gasteiger partial charge >= 0.3 is 0 Å². The fourth-order valence-corrected chi connectivity index (χ4v) is 3.18. The molecule has 1 fully saturated rings. The molecule has 0 unspecified atom stereocenters. The molecule has 0 radical (unpaired) electrons. The smallest absolute Gasteiger partial charge is 0.222 e. The Hall–Kier alpha value is -2.70. The number of amides is 1. The van der Waals surface area contributed by atoms with Crippen molar-refractivity contribution in [2.24, 2.45) is 5.92 Å². The molecule has 1 aromatic carbocycles. The summed E-state index contributed by atoms with van der Waals surface area (Å²) in [4.78, 5) is 34.7. The molecule has 1 amide bonds. The number of hydrogen-bond donors (Lipinski definition) is 0. The monoisotopic (exact) mass is 359 g/mol. The molecule has 5 nitrogen and oxygen atoms in total. The number of Topliss-reactive ketones (excluding diaryl/α,β-unsaturated/α-hetero) is 1. The van der Waals surface area contributed by atoms with Crippen molar-refractivity contribution in [2.45, 2.75) is 25.7 Å². The lowest BCUT2D eigenvalue weighted by Crippen LogP contribution is -2.42. The number of benzene rings is 1. The topological polar surface area (TPSA) is 63.2 Å². The summed E-state index contributed by atoms with van der Waals surface area (Å²) >= 11 is 0. The fourth-order valence-electron chi connectivity index (χ4n) is 3.18. The van der Waals surface area contributed by atoms with E-state index in [1.807, 2.05) is 0 Å². The van der Waals surface area contributed by atoms with Gasteiger partial charge in [-0.25, -0.2) is 8.78 Å². The summed E-state index contributed by atoms with van der Waals surface area (Å²) in [6.07, 6.45) is 6.71. The lowest BCUT2D eigenvalue weighted by Gasteiger charge is -2.32. The van der Waals surface area contributed by atoms with E-state index in [9.17, 15) is 18.4 Å². The Morgan fingerprint density at radius 2 is 2.08 bits per heavy atom. The number of halogens is 2. The van der Waals surface area contributed by atoms with Gasteiger partial charge in [0.05, 0.1) is 11.3 Å². The van der Waals surface area contributed by atoms with Crippen LogP contribution in [0, 0.1) is 17.6 Å². The molecule has 0 N–H and O–H groups in total. The largest absolute Gasteiger partial charge is 0.342 e. The van der Waals surface area contributed by atoms with Gasteiger partial charge in [0.15, 0.2) is 5.78 Å². The molecule has 3 rings (SSSR count). The Kier molecular flexibility index (Phi) is 5.65. The van der Waals surface area contributed by atoms with Crippen molar-refractivity contribution in [3.05, 3.63) is 59.7 Å². The second-order valence-electron chi connectivity index (χ2n) is 6.36. The summed E-state index contributed by atoms with van der Waals surface area (Å²) in [5.41, 5.74) is 0.483. The highest BCUT2D eigenvalue weighted by atomic mass is 19.1. The van der Waals surface area contributed by atoms with E-state index in [-0.39, 0.29) is 24.4 Å². The molecule has 2 heterocycles. The third-order valence-electron chi connectivity index (χ3n) is 4.55. The first kappa shape index (κ1) is 18.1. The van der Waals surface area contributed by atoms with Gasteiger partial charge in [0, 0.05) is 44.0 Å². The lowest BCUT2D eigenvalue weighted by molar-refractivity contribution is -0.132. The number of aryl methyl sites for hydroxylation is 1. The summed E-state index contributed by atoms with van der Waals surface area (Å²) in [6, 6.07) is 2.86. The summed E-state index contributed by atoms with van der Waals surface area (Å²) in [7, 11) is 0. The van der Waals surface area contributed by atoms with Gasteiger partial charge < -0.3 is 4.90 Å². The number of hydrogen-bond acceptors (Lipinski definition) is 4. The van der Waals surface area contributed by atoms with E-state index in [1.165, 1.54) is 0 Å². The molecule has 2 aromatic rings.